The molecule has 0 heteroatoms. The van der Waals surface area contributed by atoms with E-state index in [1.807, 2.05) is 0 Å². The zero-order valence-corrected chi connectivity index (χ0v) is 8.53. The first kappa shape index (κ1) is 8.80. The van der Waals surface area contributed by atoms with Crippen molar-refractivity contribution in [1.29, 1.82) is 0 Å². The SMILES string of the molecule is CCC(C)[C@H]1C[C@@H]1c1ccccc1. The van der Waals surface area contributed by atoms with Crippen molar-refractivity contribution in [3.63, 3.8) is 0 Å². The number of hydrogen-bond donors (Lipinski definition) is 0. The lowest BCUT2D eigenvalue weighted by atomic mass is 9.99. The highest BCUT2D eigenvalue weighted by Gasteiger charge is 2.40. The average molecular weight is 174 g/mol. The molecule has 1 aliphatic rings. The van der Waals surface area contributed by atoms with Gasteiger partial charge in [0, 0.05) is 0 Å². The third-order valence-corrected chi connectivity index (χ3v) is 3.44. The van der Waals surface area contributed by atoms with Crippen LogP contribution in [0.2, 0.25) is 0 Å². The van der Waals surface area contributed by atoms with Crippen molar-refractivity contribution >= 4 is 0 Å². The maximum Gasteiger partial charge on any atom is -0.0128 e. The van der Waals surface area contributed by atoms with E-state index >= 15 is 0 Å². The second-order valence-corrected chi connectivity index (χ2v) is 4.30. The maximum absolute atomic E-state index is 2.38. The summed E-state index contributed by atoms with van der Waals surface area (Å²) in [6, 6.07) is 11.0. The summed E-state index contributed by atoms with van der Waals surface area (Å²) in [7, 11) is 0. The molecule has 0 aromatic heterocycles. The van der Waals surface area contributed by atoms with E-state index in [1.165, 1.54) is 12.8 Å². The van der Waals surface area contributed by atoms with Crippen LogP contribution in [0.4, 0.5) is 0 Å². The van der Waals surface area contributed by atoms with Crippen LogP contribution in [0.3, 0.4) is 0 Å². The summed E-state index contributed by atoms with van der Waals surface area (Å²) in [6.07, 6.45) is 2.74. The van der Waals surface area contributed by atoms with E-state index in [2.05, 4.69) is 44.2 Å². The van der Waals surface area contributed by atoms with Crippen LogP contribution in [0.5, 0.6) is 0 Å². The molecule has 13 heavy (non-hydrogen) atoms. The van der Waals surface area contributed by atoms with Crippen LogP contribution in [-0.4, -0.2) is 0 Å². The molecule has 3 atom stereocenters. The lowest BCUT2D eigenvalue weighted by molar-refractivity contribution is 0.482. The minimum atomic E-state index is 0.871. The summed E-state index contributed by atoms with van der Waals surface area (Å²) in [5.41, 5.74) is 1.55. The van der Waals surface area contributed by atoms with E-state index < -0.39 is 0 Å². The topological polar surface area (TPSA) is 0 Å². The van der Waals surface area contributed by atoms with Crippen molar-refractivity contribution < 1.29 is 0 Å². The molecule has 1 unspecified atom stereocenters. The molecule has 0 N–H and O–H groups in total. The summed E-state index contributed by atoms with van der Waals surface area (Å²) in [4.78, 5) is 0. The van der Waals surface area contributed by atoms with Gasteiger partial charge in [-0.3, -0.25) is 0 Å². The molecule has 0 amide bonds. The van der Waals surface area contributed by atoms with Crippen LogP contribution in [0.25, 0.3) is 0 Å². The summed E-state index contributed by atoms with van der Waals surface area (Å²) in [5, 5.41) is 0. The minimum Gasteiger partial charge on any atom is -0.0651 e. The third-order valence-electron chi connectivity index (χ3n) is 3.44. The van der Waals surface area contributed by atoms with Gasteiger partial charge in [0.05, 0.1) is 0 Å². The first-order valence-corrected chi connectivity index (χ1v) is 5.38. The van der Waals surface area contributed by atoms with Gasteiger partial charge in [0.1, 0.15) is 0 Å². The van der Waals surface area contributed by atoms with E-state index in [9.17, 15) is 0 Å². The molecular formula is C13H18. The second kappa shape index (κ2) is 3.53. The Labute approximate surface area is 81.0 Å². The molecule has 1 aromatic carbocycles. The first-order chi connectivity index (χ1) is 6.33. The normalized spacial score (nSPS) is 28.5. The van der Waals surface area contributed by atoms with Crippen LogP contribution in [0, 0.1) is 11.8 Å². The summed E-state index contributed by atoms with van der Waals surface area (Å²) in [6.45, 7) is 4.68. The van der Waals surface area contributed by atoms with Gasteiger partial charge in [-0.15, -0.1) is 0 Å². The number of benzene rings is 1. The Kier molecular flexibility index (Phi) is 2.39. The lowest BCUT2D eigenvalue weighted by Gasteiger charge is -2.06. The van der Waals surface area contributed by atoms with Gasteiger partial charge in [0.25, 0.3) is 0 Å². The highest BCUT2D eigenvalue weighted by Crippen LogP contribution is 2.52. The Hall–Kier alpha value is -0.780. The Morgan fingerprint density at radius 1 is 1.31 bits per heavy atom. The summed E-state index contributed by atoms with van der Waals surface area (Å²) < 4.78 is 0. The fourth-order valence-corrected chi connectivity index (χ4v) is 2.23. The van der Waals surface area contributed by atoms with Gasteiger partial charge >= 0.3 is 0 Å². The third kappa shape index (κ3) is 1.77. The van der Waals surface area contributed by atoms with Gasteiger partial charge < -0.3 is 0 Å². The van der Waals surface area contributed by atoms with Gasteiger partial charge in [-0.05, 0) is 29.7 Å². The van der Waals surface area contributed by atoms with Gasteiger partial charge in [-0.25, -0.2) is 0 Å². The van der Waals surface area contributed by atoms with Crippen LogP contribution in [-0.2, 0) is 0 Å². The Morgan fingerprint density at radius 3 is 2.62 bits per heavy atom. The van der Waals surface area contributed by atoms with E-state index in [0.717, 1.165) is 17.8 Å². The summed E-state index contributed by atoms with van der Waals surface area (Å²) in [5.74, 6) is 2.74. The lowest BCUT2D eigenvalue weighted by Crippen LogP contribution is -1.96. The molecule has 1 aliphatic carbocycles. The Bertz CT molecular complexity index is 263. The van der Waals surface area contributed by atoms with Crippen molar-refractivity contribution in [3.05, 3.63) is 35.9 Å². The second-order valence-electron chi connectivity index (χ2n) is 4.30. The van der Waals surface area contributed by atoms with Crippen LogP contribution >= 0.6 is 0 Å². The number of hydrogen-bond acceptors (Lipinski definition) is 0. The van der Waals surface area contributed by atoms with E-state index in [0.29, 0.717) is 0 Å². The standard InChI is InChI=1S/C13H18/c1-3-10(2)12-9-13(12)11-7-5-4-6-8-11/h4-8,10,12-13H,3,9H2,1-2H3/t10?,12-,13-/m1/s1. The number of rotatable bonds is 3. The highest BCUT2D eigenvalue weighted by molar-refractivity contribution is 5.25. The molecule has 0 saturated heterocycles. The molecule has 2 rings (SSSR count). The molecule has 1 saturated carbocycles. The van der Waals surface area contributed by atoms with Crippen LogP contribution < -0.4 is 0 Å². The molecule has 0 heterocycles. The van der Waals surface area contributed by atoms with Crippen molar-refractivity contribution in [3.8, 4) is 0 Å². The first-order valence-electron chi connectivity index (χ1n) is 5.38. The van der Waals surface area contributed by atoms with Gasteiger partial charge in [0.15, 0.2) is 0 Å². The zero-order valence-electron chi connectivity index (χ0n) is 8.53. The van der Waals surface area contributed by atoms with E-state index in [1.54, 1.807) is 5.56 Å². The molecular weight excluding hydrogens is 156 g/mol. The molecule has 0 radical (unpaired) electrons. The Balaban J connectivity index is 2.00. The molecule has 0 spiro atoms. The molecule has 0 aliphatic heterocycles. The fourth-order valence-electron chi connectivity index (χ4n) is 2.23. The highest BCUT2D eigenvalue weighted by atomic mass is 14.4. The predicted molar refractivity (Wildman–Crippen MR) is 56.7 cm³/mol. The van der Waals surface area contributed by atoms with Crippen LogP contribution in [0.15, 0.2) is 30.3 Å². The van der Waals surface area contributed by atoms with Gasteiger partial charge in [-0.2, -0.15) is 0 Å². The molecule has 0 nitrogen and oxygen atoms in total. The van der Waals surface area contributed by atoms with Crippen molar-refractivity contribution in [2.24, 2.45) is 11.8 Å². The molecule has 0 bridgehead atoms. The largest absolute Gasteiger partial charge is 0.0651 e. The predicted octanol–water partition coefficient (Wildman–Crippen LogP) is 3.84. The van der Waals surface area contributed by atoms with Gasteiger partial charge in [-0.1, -0.05) is 50.6 Å². The monoisotopic (exact) mass is 174 g/mol. The smallest absolute Gasteiger partial charge is 0.0128 e. The van der Waals surface area contributed by atoms with Crippen molar-refractivity contribution in [2.45, 2.75) is 32.6 Å². The fraction of sp³-hybridized carbons (Fsp3) is 0.538. The van der Waals surface area contributed by atoms with E-state index in [4.69, 9.17) is 0 Å². The quantitative estimate of drug-likeness (QED) is 0.653. The average Bonchev–Trinajstić information content (AvgIpc) is 2.98. The van der Waals surface area contributed by atoms with Crippen LogP contribution in [0.1, 0.15) is 38.2 Å². The molecule has 1 fully saturated rings. The van der Waals surface area contributed by atoms with Crippen molar-refractivity contribution in [1.82, 2.24) is 0 Å². The molecule has 1 aromatic rings. The molecule has 70 valence electrons. The zero-order chi connectivity index (χ0) is 9.26. The van der Waals surface area contributed by atoms with Crippen molar-refractivity contribution in [2.75, 3.05) is 0 Å². The summed E-state index contributed by atoms with van der Waals surface area (Å²) >= 11 is 0. The maximum atomic E-state index is 2.38. The van der Waals surface area contributed by atoms with E-state index in [-0.39, 0.29) is 0 Å². The van der Waals surface area contributed by atoms with Gasteiger partial charge in [0.2, 0.25) is 0 Å². The minimum absolute atomic E-state index is 0.871. The Morgan fingerprint density at radius 2 is 2.00 bits per heavy atom.